The number of halogens is 1. The van der Waals surface area contributed by atoms with E-state index in [9.17, 15) is 8.42 Å². The molecule has 0 bridgehead atoms. The van der Waals surface area contributed by atoms with Crippen LogP contribution in [0.5, 0.6) is 0 Å². The van der Waals surface area contributed by atoms with Gasteiger partial charge in [-0.25, -0.2) is 13.4 Å². The Balaban J connectivity index is 2.66. The molecule has 0 fully saturated rings. The number of aromatic nitrogens is 1. The van der Waals surface area contributed by atoms with Crippen LogP contribution in [0.3, 0.4) is 0 Å². The topological polar surface area (TPSA) is 67.3 Å². The van der Waals surface area contributed by atoms with Gasteiger partial charge in [-0.1, -0.05) is 0 Å². The number of nitrogens with zero attached hydrogens (tertiary/aromatic N) is 1. The van der Waals surface area contributed by atoms with Crippen molar-refractivity contribution < 1.29 is 13.5 Å². The van der Waals surface area contributed by atoms with E-state index in [0.29, 0.717) is 10.5 Å². The monoisotopic (exact) mass is 263 g/mol. The number of aliphatic hydroxyl groups is 1. The van der Waals surface area contributed by atoms with E-state index in [0.717, 1.165) is 4.70 Å². The van der Waals surface area contributed by atoms with Crippen LogP contribution in [0.15, 0.2) is 23.1 Å². The molecule has 0 saturated heterocycles. The summed E-state index contributed by atoms with van der Waals surface area (Å²) in [5, 5.41) is 9.42. The molecule has 1 aromatic carbocycles. The highest BCUT2D eigenvalue weighted by molar-refractivity contribution is 8.13. The Morgan fingerprint density at radius 1 is 1.47 bits per heavy atom. The maximum absolute atomic E-state index is 11.0. The Morgan fingerprint density at radius 2 is 2.20 bits per heavy atom. The maximum Gasteiger partial charge on any atom is 0.261 e. The van der Waals surface area contributed by atoms with Gasteiger partial charge in [0.25, 0.3) is 9.05 Å². The smallest absolute Gasteiger partial charge is 0.261 e. The van der Waals surface area contributed by atoms with Crippen LogP contribution in [0.25, 0.3) is 10.2 Å². The molecule has 0 amide bonds. The molecule has 0 atom stereocenters. The minimum Gasteiger partial charge on any atom is -0.389 e. The first-order valence-corrected chi connectivity index (χ1v) is 7.08. The largest absolute Gasteiger partial charge is 0.389 e. The number of hydrogen-bond acceptors (Lipinski definition) is 5. The molecule has 2 aromatic rings. The highest BCUT2D eigenvalue weighted by atomic mass is 35.7. The summed E-state index contributed by atoms with van der Waals surface area (Å²) in [4.78, 5) is 4.07. The van der Waals surface area contributed by atoms with Crippen molar-refractivity contribution in [2.45, 2.75) is 11.5 Å². The van der Waals surface area contributed by atoms with Crippen molar-refractivity contribution in [3.8, 4) is 0 Å². The van der Waals surface area contributed by atoms with Crippen LogP contribution in [0.1, 0.15) is 5.01 Å². The predicted octanol–water partition coefficient (Wildman–Crippen LogP) is 1.72. The number of aliphatic hydroxyl groups excluding tert-OH is 1. The van der Waals surface area contributed by atoms with Gasteiger partial charge in [0.2, 0.25) is 0 Å². The molecule has 15 heavy (non-hydrogen) atoms. The van der Waals surface area contributed by atoms with E-state index in [1.54, 1.807) is 6.07 Å². The van der Waals surface area contributed by atoms with Gasteiger partial charge >= 0.3 is 0 Å². The quantitative estimate of drug-likeness (QED) is 0.838. The maximum atomic E-state index is 11.0. The van der Waals surface area contributed by atoms with Gasteiger partial charge in [-0.3, -0.25) is 0 Å². The Morgan fingerprint density at radius 3 is 2.80 bits per heavy atom. The van der Waals surface area contributed by atoms with Gasteiger partial charge in [-0.05, 0) is 18.2 Å². The molecular weight excluding hydrogens is 258 g/mol. The summed E-state index contributed by atoms with van der Waals surface area (Å²) in [6, 6.07) is 4.44. The number of thiazole rings is 1. The highest BCUT2D eigenvalue weighted by Gasteiger charge is 2.12. The molecule has 80 valence electrons. The van der Waals surface area contributed by atoms with E-state index in [2.05, 4.69) is 4.98 Å². The van der Waals surface area contributed by atoms with Gasteiger partial charge in [0, 0.05) is 10.7 Å². The molecule has 0 radical (unpaired) electrons. The Bertz CT molecular complexity index is 605. The summed E-state index contributed by atoms with van der Waals surface area (Å²) in [7, 11) is 1.48. The van der Waals surface area contributed by atoms with Crippen LogP contribution in [-0.4, -0.2) is 18.5 Å². The lowest BCUT2D eigenvalue weighted by molar-refractivity contribution is 0.281. The van der Waals surface area contributed by atoms with Crippen LogP contribution >= 0.6 is 22.0 Å². The number of hydrogen-bond donors (Lipinski definition) is 1. The highest BCUT2D eigenvalue weighted by Crippen LogP contribution is 2.26. The van der Waals surface area contributed by atoms with Crippen molar-refractivity contribution in [1.82, 2.24) is 4.98 Å². The third kappa shape index (κ3) is 2.12. The van der Waals surface area contributed by atoms with E-state index < -0.39 is 9.05 Å². The van der Waals surface area contributed by atoms with Crippen molar-refractivity contribution in [1.29, 1.82) is 0 Å². The van der Waals surface area contributed by atoms with Crippen molar-refractivity contribution in [2.24, 2.45) is 0 Å². The summed E-state index contributed by atoms with van der Waals surface area (Å²) in [6.07, 6.45) is 0. The second-order valence-electron chi connectivity index (χ2n) is 2.83. The van der Waals surface area contributed by atoms with Crippen molar-refractivity contribution in [2.75, 3.05) is 0 Å². The minimum atomic E-state index is -3.72. The van der Waals surface area contributed by atoms with Crippen LogP contribution in [0.4, 0.5) is 0 Å². The Kier molecular flexibility index (Phi) is 2.68. The molecule has 0 aliphatic heterocycles. The van der Waals surface area contributed by atoms with Gasteiger partial charge in [-0.2, -0.15) is 0 Å². The van der Waals surface area contributed by atoms with E-state index in [-0.39, 0.29) is 11.5 Å². The second-order valence-corrected chi connectivity index (χ2v) is 6.51. The van der Waals surface area contributed by atoms with Crippen LogP contribution in [-0.2, 0) is 15.7 Å². The van der Waals surface area contributed by atoms with E-state index in [1.807, 2.05) is 0 Å². The van der Waals surface area contributed by atoms with E-state index in [4.69, 9.17) is 15.8 Å². The summed E-state index contributed by atoms with van der Waals surface area (Å²) in [5.74, 6) is 0. The van der Waals surface area contributed by atoms with Gasteiger partial charge < -0.3 is 5.11 Å². The van der Waals surface area contributed by atoms with E-state index in [1.165, 1.54) is 23.5 Å². The third-order valence-corrected chi connectivity index (χ3v) is 4.19. The molecule has 0 unspecified atom stereocenters. The number of fused-ring (bicyclic) bond motifs is 1. The average molecular weight is 264 g/mol. The molecule has 0 saturated carbocycles. The zero-order valence-electron chi connectivity index (χ0n) is 7.34. The third-order valence-electron chi connectivity index (χ3n) is 1.82. The fourth-order valence-electron chi connectivity index (χ4n) is 1.17. The first-order chi connectivity index (χ1) is 7.00. The first kappa shape index (κ1) is 10.8. The van der Waals surface area contributed by atoms with Crippen LogP contribution in [0, 0.1) is 0 Å². The fraction of sp³-hybridized carbons (Fsp3) is 0.125. The van der Waals surface area contributed by atoms with Gasteiger partial charge in [-0.15, -0.1) is 11.3 Å². The van der Waals surface area contributed by atoms with Crippen molar-refractivity contribution in [3.05, 3.63) is 23.2 Å². The standard InChI is InChI=1S/C8H6ClNO3S2/c9-15(12,13)5-1-2-7-6(3-5)10-8(4-11)14-7/h1-3,11H,4H2. The zero-order valence-corrected chi connectivity index (χ0v) is 9.73. The summed E-state index contributed by atoms with van der Waals surface area (Å²) >= 11 is 1.32. The molecule has 2 rings (SSSR count). The van der Waals surface area contributed by atoms with E-state index >= 15 is 0 Å². The van der Waals surface area contributed by atoms with Crippen molar-refractivity contribution in [3.63, 3.8) is 0 Å². The molecule has 4 nitrogen and oxygen atoms in total. The molecule has 1 aromatic heterocycles. The number of rotatable bonds is 2. The van der Waals surface area contributed by atoms with Gasteiger partial charge in [0.15, 0.2) is 0 Å². The summed E-state index contributed by atoms with van der Waals surface area (Å²) in [6.45, 7) is -0.150. The summed E-state index contributed by atoms with van der Waals surface area (Å²) < 4.78 is 22.9. The van der Waals surface area contributed by atoms with Crippen molar-refractivity contribution >= 4 is 41.3 Å². The molecular formula is C8H6ClNO3S2. The molecule has 0 aliphatic carbocycles. The van der Waals surface area contributed by atoms with Crippen LogP contribution in [0.2, 0.25) is 0 Å². The zero-order chi connectivity index (χ0) is 11.1. The average Bonchev–Trinajstić information content (AvgIpc) is 2.57. The minimum absolute atomic E-state index is 0.0199. The molecule has 7 heteroatoms. The molecule has 0 aliphatic rings. The molecule has 0 spiro atoms. The SMILES string of the molecule is O=S(=O)(Cl)c1ccc2sc(CO)nc2c1. The van der Waals surface area contributed by atoms with Crippen LogP contribution < -0.4 is 0 Å². The van der Waals surface area contributed by atoms with Gasteiger partial charge in [0.1, 0.15) is 5.01 Å². The predicted molar refractivity (Wildman–Crippen MR) is 58.6 cm³/mol. The normalized spacial score (nSPS) is 12.1. The van der Waals surface area contributed by atoms with Gasteiger partial charge in [0.05, 0.1) is 21.7 Å². The number of benzene rings is 1. The summed E-state index contributed by atoms with van der Waals surface area (Å²) in [5.41, 5.74) is 0.533. The fourth-order valence-corrected chi connectivity index (χ4v) is 2.75. The lowest BCUT2D eigenvalue weighted by Gasteiger charge is -1.94. The Labute approximate surface area is 94.6 Å². The first-order valence-electron chi connectivity index (χ1n) is 3.96. The molecule has 1 N–H and O–H groups in total. The Hall–Kier alpha value is -0.690. The second kappa shape index (κ2) is 3.71. The molecule has 1 heterocycles. The lowest BCUT2D eigenvalue weighted by Crippen LogP contribution is -1.89. The lowest BCUT2D eigenvalue weighted by atomic mass is 10.3.